The van der Waals surface area contributed by atoms with Gasteiger partial charge < -0.3 is 14.8 Å². The summed E-state index contributed by atoms with van der Waals surface area (Å²) in [4.78, 5) is 36.7. The molecule has 0 aliphatic carbocycles. The van der Waals surface area contributed by atoms with Crippen molar-refractivity contribution in [2.24, 2.45) is 0 Å². The average molecular weight is 493 g/mol. The van der Waals surface area contributed by atoms with Crippen LogP contribution in [0.5, 0.6) is 0 Å². The highest BCUT2D eigenvalue weighted by Gasteiger charge is 2.44. The maximum absolute atomic E-state index is 13.4. The van der Waals surface area contributed by atoms with E-state index >= 15 is 0 Å². The predicted molar refractivity (Wildman–Crippen MR) is 124 cm³/mol. The van der Waals surface area contributed by atoms with Crippen molar-refractivity contribution >= 4 is 46.2 Å². The van der Waals surface area contributed by atoms with Crippen molar-refractivity contribution in [2.75, 3.05) is 25.6 Å². The fraction of sp³-hybridized carbons (Fsp3) is 0.318. The topological polar surface area (TPSA) is 119 Å². The van der Waals surface area contributed by atoms with E-state index in [2.05, 4.69) is 17.9 Å². The molecule has 1 saturated heterocycles. The van der Waals surface area contributed by atoms with E-state index in [0.717, 1.165) is 11.4 Å². The molecule has 1 fully saturated rings. The molecule has 1 N–H and O–H groups in total. The number of nitrogens with one attached hydrogen (secondary N) is 1. The quantitative estimate of drug-likeness (QED) is 0.450. The van der Waals surface area contributed by atoms with Crippen LogP contribution < -0.4 is 5.32 Å². The first kappa shape index (κ1) is 24.7. The number of hydrogen-bond donors (Lipinski definition) is 2. The van der Waals surface area contributed by atoms with Gasteiger partial charge in [0.1, 0.15) is 6.04 Å². The van der Waals surface area contributed by atoms with Crippen LogP contribution in [0.3, 0.4) is 0 Å². The first-order chi connectivity index (χ1) is 15.7. The summed E-state index contributed by atoms with van der Waals surface area (Å²) in [5.41, 5.74) is 0.606. The molecule has 0 radical (unpaired) electrons. The molecule has 2 aromatic rings. The Labute approximate surface area is 197 Å². The zero-order chi connectivity index (χ0) is 24.2. The summed E-state index contributed by atoms with van der Waals surface area (Å²) in [6.07, 6.45) is 0.190. The molecular weight excluding hydrogens is 468 g/mol. The van der Waals surface area contributed by atoms with Crippen LogP contribution in [0, 0.1) is 0 Å². The van der Waals surface area contributed by atoms with E-state index in [1.807, 2.05) is 0 Å². The Morgan fingerprint density at radius 1 is 1.09 bits per heavy atom. The molecule has 2 atom stereocenters. The third-order valence-electron chi connectivity index (χ3n) is 5.08. The fourth-order valence-corrected chi connectivity index (χ4v) is 5.83. The Kier molecular flexibility index (Phi) is 7.77. The number of hydrogen-bond acceptors (Lipinski definition) is 8. The van der Waals surface area contributed by atoms with Crippen LogP contribution in [0.1, 0.15) is 34.1 Å². The number of rotatable bonds is 7. The van der Waals surface area contributed by atoms with Crippen molar-refractivity contribution in [3.8, 4) is 0 Å². The minimum absolute atomic E-state index is 0.000828. The van der Waals surface area contributed by atoms with E-state index < -0.39 is 33.9 Å². The van der Waals surface area contributed by atoms with Gasteiger partial charge in [0.25, 0.3) is 0 Å². The second-order valence-electron chi connectivity index (χ2n) is 7.25. The van der Waals surface area contributed by atoms with Gasteiger partial charge in [0, 0.05) is 17.5 Å². The molecule has 33 heavy (non-hydrogen) atoms. The first-order valence-electron chi connectivity index (χ1n) is 10.1. The number of amides is 1. The lowest BCUT2D eigenvalue weighted by Gasteiger charge is -2.24. The first-order valence-corrected chi connectivity index (χ1v) is 12.1. The van der Waals surface area contributed by atoms with E-state index in [1.165, 1.54) is 48.5 Å². The second kappa shape index (κ2) is 10.4. The molecule has 3 rings (SSSR count). The normalized spacial score (nSPS) is 18.5. The van der Waals surface area contributed by atoms with Gasteiger partial charge in [0.15, 0.2) is 0 Å². The summed E-state index contributed by atoms with van der Waals surface area (Å²) in [7, 11) is -3.05. The average Bonchev–Trinajstić information content (AvgIpc) is 3.22. The van der Waals surface area contributed by atoms with Gasteiger partial charge in [-0.15, -0.1) is 0 Å². The number of carbonyl (C=O) groups excluding carboxylic acids is 3. The minimum Gasteiger partial charge on any atom is -0.465 e. The Morgan fingerprint density at radius 2 is 1.76 bits per heavy atom. The van der Waals surface area contributed by atoms with E-state index in [9.17, 15) is 22.8 Å². The fourth-order valence-electron chi connectivity index (χ4n) is 3.51. The lowest BCUT2D eigenvalue weighted by Crippen LogP contribution is -2.43. The molecule has 0 aromatic heterocycles. The smallest absolute Gasteiger partial charge is 0.339 e. The summed E-state index contributed by atoms with van der Waals surface area (Å²) >= 11 is 4.39. The molecule has 11 heteroatoms. The highest BCUT2D eigenvalue weighted by atomic mass is 32.2. The molecule has 1 amide bonds. The number of anilines is 1. The Morgan fingerprint density at radius 3 is 2.39 bits per heavy atom. The van der Waals surface area contributed by atoms with Crippen molar-refractivity contribution in [1.82, 2.24) is 4.31 Å². The largest absolute Gasteiger partial charge is 0.465 e. The van der Waals surface area contributed by atoms with Gasteiger partial charge in [-0.05, 0) is 49.7 Å². The molecule has 176 valence electrons. The third-order valence-corrected chi connectivity index (χ3v) is 7.39. The molecule has 0 saturated carbocycles. The highest BCUT2D eigenvalue weighted by molar-refractivity contribution is 7.89. The lowest BCUT2D eigenvalue weighted by atomic mass is 10.2. The Balaban J connectivity index is 1.84. The van der Waals surface area contributed by atoms with Gasteiger partial charge in [-0.25, -0.2) is 18.0 Å². The van der Waals surface area contributed by atoms with Crippen molar-refractivity contribution in [1.29, 1.82) is 0 Å². The molecule has 0 bridgehead atoms. The van der Waals surface area contributed by atoms with Gasteiger partial charge >= 0.3 is 11.9 Å². The SMILES string of the molecule is CCOC(=O)c1ccc(NC(=O)[C@@H]2C[C@H](S)CN2S(=O)(=O)c2ccccc2C(=O)OC)cc1. The predicted octanol–water partition coefficient (Wildman–Crippen LogP) is 2.35. The molecule has 0 unspecified atom stereocenters. The number of esters is 2. The lowest BCUT2D eigenvalue weighted by molar-refractivity contribution is -0.119. The summed E-state index contributed by atoms with van der Waals surface area (Å²) < 4.78 is 37.5. The number of ether oxygens (including phenoxy) is 2. The maximum Gasteiger partial charge on any atom is 0.339 e. The molecule has 1 aliphatic rings. The van der Waals surface area contributed by atoms with Gasteiger partial charge in [0.05, 0.1) is 29.7 Å². The maximum atomic E-state index is 13.4. The van der Waals surface area contributed by atoms with E-state index in [0.29, 0.717) is 11.3 Å². The molecule has 9 nitrogen and oxygen atoms in total. The monoisotopic (exact) mass is 492 g/mol. The van der Waals surface area contributed by atoms with Crippen molar-refractivity contribution in [3.63, 3.8) is 0 Å². The van der Waals surface area contributed by atoms with Crippen LogP contribution >= 0.6 is 12.6 Å². The molecule has 1 aliphatic heterocycles. The number of carbonyl (C=O) groups is 3. The zero-order valence-corrected chi connectivity index (χ0v) is 19.8. The van der Waals surface area contributed by atoms with Crippen LogP contribution in [0.4, 0.5) is 5.69 Å². The van der Waals surface area contributed by atoms with Crippen molar-refractivity contribution in [3.05, 3.63) is 59.7 Å². The Hall–Kier alpha value is -2.89. The summed E-state index contributed by atoms with van der Waals surface area (Å²) in [5.74, 6) is -1.82. The number of benzene rings is 2. The molecule has 2 aromatic carbocycles. The number of thiol groups is 1. The summed E-state index contributed by atoms with van der Waals surface area (Å²) in [6.45, 7) is 1.94. The van der Waals surface area contributed by atoms with Gasteiger partial charge in [-0.2, -0.15) is 16.9 Å². The number of nitrogens with zero attached hydrogens (tertiary/aromatic N) is 1. The van der Waals surface area contributed by atoms with Crippen LogP contribution in [-0.2, 0) is 24.3 Å². The standard InChI is InChI=1S/C22H24N2O7S2/c1-3-31-21(26)14-8-10-15(11-9-14)23-20(25)18-12-16(32)13-24(18)33(28,29)19-7-5-4-6-17(19)22(27)30-2/h4-11,16,18,32H,3,12-13H2,1-2H3,(H,23,25)/t16-,18-/m0/s1. The van der Waals surface area contributed by atoms with Crippen LogP contribution in [-0.4, -0.2) is 62.1 Å². The van der Waals surface area contributed by atoms with Crippen LogP contribution in [0.25, 0.3) is 0 Å². The third kappa shape index (κ3) is 5.37. The van der Waals surface area contributed by atoms with Crippen molar-refractivity contribution < 1.29 is 32.3 Å². The van der Waals surface area contributed by atoms with Gasteiger partial charge in [0.2, 0.25) is 15.9 Å². The number of methoxy groups -OCH3 is 1. The molecular formula is C22H24N2O7S2. The summed E-state index contributed by atoms with van der Waals surface area (Å²) in [5, 5.41) is 2.31. The Bertz CT molecular complexity index is 1150. The molecule has 1 heterocycles. The van der Waals surface area contributed by atoms with Gasteiger partial charge in [-0.1, -0.05) is 12.1 Å². The van der Waals surface area contributed by atoms with Crippen LogP contribution in [0.15, 0.2) is 53.4 Å². The second-order valence-corrected chi connectivity index (χ2v) is 9.84. The van der Waals surface area contributed by atoms with E-state index in [4.69, 9.17) is 9.47 Å². The minimum atomic E-state index is -4.21. The number of sulfonamides is 1. The van der Waals surface area contributed by atoms with Crippen LogP contribution in [0.2, 0.25) is 0 Å². The van der Waals surface area contributed by atoms with Crippen molar-refractivity contribution in [2.45, 2.75) is 29.5 Å². The molecule has 0 spiro atoms. The van der Waals surface area contributed by atoms with E-state index in [1.54, 1.807) is 6.92 Å². The van der Waals surface area contributed by atoms with Gasteiger partial charge in [-0.3, -0.25) is 4.79 Å². The zero-order valence-electron chi connectivity index (χ0n) is 18.1. The highest BCUT2D eigenvalue weighted by Crippen LogP contribution is 2.31. The van der Waals surface area contributed by atoms with E-state index in [-0.39, 0.29) is 35.3 Å². The summed E-state index contributed by atoms with van der Waals surface area (Å²) in [6, 6.07) is 10.7.